The van der Waals surface area contributed by atoms with Crippen LogP contribution >= 0.6 is 0 Å². The maximum absolute atomic E-state index is 3.67. The maximum Gasteiger partial charge on any atom is 0.0781 e. The highest BCUT2D eigenvalue weighted by molar-refractivity contribution is 6.80. The van der Waals surface area contributed by atoms with Gasteiger partial charge in [0.2, 0.25) is 0 Å². The molecule has 3 atom stereocenters. The summed E-state index contributed by atoms with van der Waals surface area (Å²) in [6.07, 6.45) is 2.20. The highest BCUT2D eigenvalue weighted by Crippen LogP contribution is 2.15. The molecule has 1 aromatic rings. The van der Waals surface area contributed by atoms with Crippen molar-refractivity contribution in [3.63, 3.8) is 0 Å². The Balaban J connectivity index is 2.58. The van der Waals surface area contributed by atoms with E-state index < -0.39 is 8.07 Å². The smallest absolute Gasteiger partial charge is 0.0781 e. The van der Waals surface area contributed by atoms with Gasteiger partial charge in [0.05, 0.1) is 8.07 Å². The van der Waals surface area contributed by atoms with Crippen LogP contribution in [0.1, 0.15) is 32.4 Å². The predicted molar refractivity (Wildman–Crippen MR) is 92.6 cm³/mol. The number of hydrogen-bond acceptors (Lipinski definition) is 1. The zero-order valence-corrected chi connectivity index (χ0v) is 14.8. The molecule has 0 saturated carbocycles. The Kier molecular flexibility index (Phi) is 6.48. The molecule has 0 aliphatic heterocycles. The molecule has 20 heavy (non-hydrogen) atoms. The van der Waals surface area contributed by atoms with Gasteiger partial charge in [-0.25, -0.2) is 0 Å². The highest BCUT2D eigenvalue weighted by atomic mass is 28.3. The van der Waals surface area contributed by atoms with E-state index in [1.807, 2.05) is 0 Å². The minimum atomic E-state index is -1.13. The summed E-state index contributed by atoms with van der Waals surface area (Å²) in [4.78, 5) is 0. The molecule has 0 aromatic heterocycles. The molecule has 0 unspecified atom stereocenters. The van der Waals surface area contributed by atoms with Crippen molar-refractivity contribution in [1.29, 1.82) is 0 Å². The molecule has 110 valence electrons. The molecule has 1 aromatic carbocycles. The van der Waals surface area contributed by atoms with Crippen LogP contribution in [0.15, 0.2) is 47.8 Å². The average molecular weight is 288 g/mol. The average Bonchev–Trinajstić information content (AvgIpc) is 2.38. The van der Waals surface area contributed by atoms with E-state index in [4.69, 9.17) is 0 Å². The minimum absolute atomic E-state index is 0.378. The van der Waals surface area contributed by atoms with Gasteiger partial charge in [0.25, 0.3) is 0 Å². The number of benzene rings is 1. The number of hydrogen-bond donors (Lipinski definition) is 1. The number of rotatable bonds is 6. The zero-order chi connectivity index (χ0) is 15.2. The lowest BCUT2D eigenvalue weighted by Crippen LogP contribution is -2.33. The molecule has 1 N–H and O–H groups in total. The topological polar surface area (TPSA) is 12.0 Å². The fraction of sp³-hybridized carbons (Fsp3) is 0.500. The third-order valence-corrected chi connectivity index (χ3v) is 4.51. The highest BCUT2D eigenvalue weighted by Gasteiger charge is 2.13. The molecule has 0 heterocycles. The van der Waals surface area contributed by atoms with Crippen molar-refractivity contribution >= 4 is 8.07 Å². The Morgan fingerprint density at radius 3 is 2.20 bits per heavy atom. The lowest BCUT2D eigenvalue weighted by atomic mass is 10.0. The van der Waals surface area contributed by atoms with Crippen LogP contribution in [0.5, 0.6) is 0 Å². The molecule has 0 fully saturated rings. The van der Waals surface area contributed by atoms with Gasteiger partial charge in [-0.1, -0.05) is 62.6 Å². The van der Waals surface area contributed by atoms with Crippen molar-refractivity contribution in [3.05, 3.63) is 53.4 Å². The molecule has 2 heteroatoms. The summed E-state index contributed by atoms with van der Waals surface area (Å²) in [5.41, 5.74) is 7.01. The van der Waals surface area contributed by atoms with E-state index in [0.29, 0.717) is 18.0 Å². The third kappa shape index (κ3) is 6.38. The Labute approximate surface area is 125 Å². The lowest BCUT2D eigenvalue weighted by Gasteiger charge is -2.23. The van der Waals surface area contributed by atoms with Gasteiger partial charge in [-0.2, -0.15) is 0 Å². The molecular weight excluding hydrogens is 258 g/mol. The first-order valence-corrected chi connectivity index (χ1v) is 11.1. The summed E-state index contributed by atoms with van der Waals surface area (Å²) in [6.45, 7) is 13.7. The molecule has 0 amide bonds. The molecule has 0 aliphatic rings. The summed E-state index contributed by atoms with van der Waals surface area (Å²) in [5, 5.41) is 3.67. The zero-order valence-electron chi connectivity index (χ0n) is 13.8. The van der Waals surface area contributed by atoms with Crippen LogP contribution in [0.3, 0.4) is 0 Å². The van der Waals surface area contributed by atoms with Crippen molar-refractivity contribution in [2.45, 2.75) is 52.5 Å². The first kappa shape index (κ1) is 17.0. The van der Waals surface area contributed by atoms with Crippen molar-refractivity contribution in [1.82, 2.24) is 5.32 Å². The Morgan fingerprint density at radius 2 is 1.65 bits per heavy atom. The third-order valence-electron chi connectivity index (χ3n) is 3.48. The van der Waals surface area contributed by atoms with Crippen molar-refractivity contribution < 1.29 is 0 Å². The van der Waals surface area contributed by atoms with E-state index in [1.54, 1.807) is 0 Å². The van der Waals surface area contributed by atoms with E-state index in [9.17, 15) is 0 Å². The molecule has 0 aliphatic carbocycles. The largest absolute Gasteiger partial charge is 0.307 e. The van der Waals surface area contributed by atoms with Crippen LogP contribution in [0, 0.1) is 5.92 Å². The summed E-state index contributed by atoms with van der Waals surface area (Å²) in [7, 11) is -1.13. The predicted octanol–water partition coefficient (Wildman–Crippen LogP) is 4.95. The van der Waals surface area contributed by atoms with E-state index in [2.05, 4.69) is 93.6 Å². The van der Waals surface area contributed by atoms with Crippen LogP contribution in [0.25, 0.3) is 0 Å². The van der Waals surface area contributed by atoms with Gasteiger partial charge in [-0.05, 0) is 31.4 Å². The SMILES string of the molecule is C[C@H](C=C=C[Si](C)(C)C)[C@@H](C)N[C@H](C)c1ccccc1. The Hall–Kier alpha value is -1.08. The second-order valence-corrected chi connectivity index (χ2v) is 11.8. The second kappa shape index (κ2) is 7.63. The van der Waals surface area contributed by atoms with E-state index >= 15 is 0 Å². The second-order valence-electron chi connectivity index (χ2n) is 6.79. The molecule has 0 radical (unpaired) electrons. The molecule has 0 bridgehead atoms. The van der Waals surface area contributed by atoms with Crippen molar-refractivity contribution in [3.8, 4) is 0 Å². The number of nitrogens with one attached hydrogen (secondary N) is 1. The molecular formula is C18H29NSi. The summed E-state index contributed by atoms with van der Waals surface area (Å²) in [5.74, 6) is 0.480. The van der Waals surface area contributed by atoms with Crippen LogP contribution in [0.2, 0.25) is 19.6 Å². The summed E-state index contributed by atoms with van der Waals surface area (Å²) >= 11 is 0. The van der Waals surface area contributed by atoms with E-state index in [-0.39, 0.29) is 0 Å². The molecule has 1 rings (SSSR count). The van der Waals surface area contributed by atoms with E-state index in [1.165, 1.54) is 5.56 Å². The van der Waals surface area contributed by atoms with Crippen molar-refractivity contribution in [2.24, 2.45) is 5.92 Å². The quantitative estimate of drug-likeness (QED) is 0.576. The minimum Gasteiger partial charge on any atom is -0.307 e. The first-order chi connectivity index (χ1) is 9.29. The van der Waals surface area contributed by atoms with Crippen molar-refractivity contribution in [2.75, 3.05) is 0 Å². The van der Waals surface area contributed by atoms with Gasteiger partial charge in [0, 0.05) is 12.1 Å². The molecule has 0 spiro atoms. The fourth-order valence-corrected chi connectivity index (χ4v) is 2.57. The lowest BCUT2D eigenvalue weighted by molar-refractivity contribution is 0.414. The van der Waals surface area contributed by atoms with Gasteiger partial charge >= 0.3 is 0 Å². The summed E-state index contributed by atoms with van der Waals surface area (Å²) < 4.78 is 0. The van der Waals surface area contributed by atoms with Gasteiger partial charge in [-0.3, -0.25) is 0 Å². The van der Waals surface area contributed by atoms with Crippen LogP contribution in [-0.2, 0) is 0 Å². The molecule has 1 nitrogen and oxygen atoms in total. The van der Waals surface area contributed by atoms with Crippen LogP contribution in [0.4, 0.5) is 0 Å². The summed E-state index contributed by atoms with van der Waals surface area (Å²) in [6, 6.07) is 11.4. The molecule has 0 saturated heterocycles. The van der Waals surface area contributed by atoms with Gasteiger partial charge < -0.3 is 5.32 Å². The van der Waals surface area contributed by atoms with E-state index in [0.717, 1.165) is 0 Å². The van der Waals surface area contributed by atoms with Crippen LogP contribution < -0.4 is 5.32 Å². The fourth-order valence-electron chi connectivity index (χ4n) is 1.98. The van der Waals surface area contributed by atoms with Gasteiger partial charge in [0.15, 0.2) is 0 Å². The van der Waals surface area contributed by atoms with Gasteiger partial charge in [-0.15, -0.1) is 5.73 Å². The monoisotopic (exact) mass is 287 g/mol. The normalized spacial score (nSPS) is 15.9. The maximum atomic E-state index is 3.67. The van der Waals surface area contributed by atoms with Gasteiger partial charge in [0.1, 0.15) is 0 Å². The Bertz CT molecular complexity index is 452. The van der Waals surface area contributed by atoms with Crippen LogP contribution in [-0.4, -0.2) is 14.1 Å². The Morgan fingerprint density at radius 1 is 1.05 bits per heavy atom. The first-order valence-electron chi connectivity index (χ1n) is 7.54. The standard InChI is InChI=1S/C18H29NSi/c1-15(11-10-14-20(4,5)6)16(2)19-17(3)18-12-8-7-9-13-18/h7-9,11-17,19H,1-6H3/t10?,15-,16-,17-/m1/s1.